The van der Waals surface area contributed by atoms with Crippen molar-refractivity contribution >= 4 is 0 Å². The quantitative estimate of drug-likeness (QED) is 0.216. The summed E-state index contributed by atoms with van der Waals surface area (Å²) in [5.41, 5.74) is 8.41. The van der Waals surface area contributed by atoms with Gasteiger partial charge in [-0.1, -0.05) is 148 Å². The Balaban J connectivity index is 0.000000300. The van der Waals surface area contributed by atoms with E-state index in [-0.39, 0.29) is 38.4 Å². The number of aliphatic hydroxyl groups is 2. The Bertz CT molecular complexity index is 1710. The van der Waals surface area contributed by atoms with E-state index in [2.05, 4.69) is 149 Å². The van der Waals surface area contributed by atoms with Crippen molar-refractivity contribution < 1.29 is 20.4 Å². The molecule has 2 aliphatic carbocycles. The van der Waals surface area contributed by atoms with Crippen LogP contribution in [0.15, 0.2) is 71.2 Å². The van der Waals surface area contributed by atoms with E-state index in [1.807, 2.05) is 24.3 Å². The van der Waals surface area contributed by atoms with Gasteiger partial charge in [-0.05, 0) is 147 Å². The van der Waals surface area contributed by atoms with E-state index in [1.165, 1.54) is 11.1 Å². The molecule has 4 rings (SSSR count). The zero-order valence-electron chi connectivity index (χ0n) is 38.8. The number of benzene rings is 2. The molecule has 0 aliphatic heterocycles. The average Bonchev–Trinajstić information content (AvgIpc) is 3.03. The van der Waals surface area contributed by atoms with Crippen LogP contribution in [0.5, 0.6) is 11.5 Å². The first-order valence-corrected chi connectivity index (χ1v) is 21.3. The molecule has 2 aliphatic rings. The van der Waals surface area contributed by atoms with Gasteiger partial charge in [-0.2, -0.15) is 0 Å². The highest BCUT2D eigenvalue weighted by Crippen LogP contribution is 2.55. The van der Waals surface area contributed by atoms with E-state index in [4.69, 9.17) is 0 Å². The van der Waals surface area contributed by atoms with E-state index in [0.717, 1.165) is 71.9 Å². The van der Waals surface area contributed by atoms with Crippen LogP contribution in [0.4, 0.5) is 0 Å². The maximum Gasteiger partial charge on any atom is 0.119 e. The minimum absolute atomic E-state index is 0.0279. The van der Waals surface area contributed by atoms with Gasteiger partial charge in [0.1, 0.15) is 23.0 Å². The summed E-state index contributed by atoms with van der Waals surface area (Å²) in [4.78, 5) is 0. The third-order valence-corrected chi connectivity index (χ3v) is 12.5. The molecule has 0 aromatic heterocycles. The standard InChI is InChI=1S/C26H38O2.C26H42O2/c1-10-11-18(19-14-21(25(4,5)6)23(27)12-16(19)2)20-15-22(26(7,8)9)24(28)13-17(20)3;1-10-11-22(25(8)14-12-20(27)18(16-25)23(2,3)4)26(9)15-13-21(28)19(17-26)24(5,6)7/h12-15,18,27-28H,10-11H2,1-9H3;12-13,16-17,22,27-28H,10-11,14-15H2,1-9H3. The van der Waals surface area contributed by atoms with Gasteiger partial charge < -0.3 is 20.4 Å². The third-order valence-electron chi connectivity index (χ3n) is 12.5. The molecule has 56 heavy (non-hydrogen) atoms. The van der Waals surface area contributed by atoms with Crippen LogP contribution in [0, 0.1) is 41.4 Å². The Morgan fingerprint density at radius 1 is 0.536 bits per heavy atom. The Morgan fingerprint density at radius 2 is 0.875 bits per heavy atom. The topological polar surface area (TPSA) is 80.9 Å². The molecule has 0 amide bonds. The molecule has 0 radical (unpaired) electrons. The molecule has 4 heteroatoms. The van der Waals surface area contributed by atoms with Crippen molar-refractivity contribution in [3.05, 3.63) is 105 Å². The van der Waals surface area contributed by atoms with Crippen molar-refractivity contribution in [2.75, 3.05) is 0 Å². The summed E-state index contributed by atoms with van der Waals surface area (Å²) in [6.07, 6.45) is 14.8. The van der Waals surface area contributed by atoms with Crippen LogP contribution < -0.4 is 0 Å². The van der Waals surface area contributed by atoms with Gasteiger partial charge >= 0.3 is 0 Å². The van der Waals surface area contributed by atoms with Crippen LogP contribution in [-0.4, -0.2) is 20.4 Å². The lowest BCUT2D eigenvalue weighted by Gasteiger charge is -2.49. The molecule has 312 valence electrons. The van der Waals surface area contributed by atoms with Gasteiger partial charge in [0.25, 0.3) is 0 Å². The highest BCUT2D eigenvalue weighted by atomic mass is 16.3. The SMILES string of the molecule is CCCC(C1(C)C=C(C(C)(C)C)C(O)=CC1)C1(C)C=C(C(C)(C)C)C(O)=CC1.CCCC(c1cc(C(C)(C)C)c(O)cc1C)c1cc(C(C)(C)C)c(O)cc1C. The molecule has 2 aromatic carbocycles. The number of allylic oxidation sites excluding steroid dienone is 6. The Morgan fingerprint density at radius 3 is 1.16 bits per heavy atom. The Labute approximate surface area is 342 Å². The predicted octanol–water partition coefficient (Wildman–Crippen LogP) is 15.3. The van der Waals surface area contributed by atoms with Crippen molar-refractivity contribution in [3.8, 4) is 11.5 Å². The predicted molar refractivity (Wildman–Crippen MR) is 240 cm³/mol. The van der Waals surface area contributed by atoms with E-state index in [9.17, 15) is 20.4 Å². The number of hydrogen-bond acceptors (Lipinski definition) is 4. The number of phenols is 2. The van der Waals surface area contributed by atoms with Crippen molar-refractivity contribution in [1.82, 2.24) is 0 Å². The van der Waals surface area contributed by atoms with Gasteiger partial charge in [0.15, 0.2) is 0 Å². The Kier molecular flexibility index (Phi) is 14.1. The van der Waals surface area contributed by atoms with Gasteiger partial charge in [0.05, 0.1) is 0 Å². The lowest BCUT2D eigenvalue weighted by atomic mass is 9.55. The summed E-state index contributed by atoms with van der Waals surface area (Å²) in [5.74, 6) is 2.31. The minimum atomic E-state index is -0.121. The van der Waals surface area contributed by atoms with Gasteiger partial charge in [-0.15, -0.1) is 0 Å². The zero-order valence-corrected chi connectivity index (χ0v) is 38.8. The number of aryl methyl sites for hydroxylation is 2. The van der Waals surface area contributed by atoms with Crippen LogP contribution in [0.2, 0.25) is 0 Å². The fourth-order valence-corrected chi connectivity index (χ4v) is 9.31. The van der Waals surface area contributed by atoms with Crippen molar-refractivity contribution in [2.24, 2.45) is 27.6 Å². The first-order valence-electron chi connectivity index (χ1n) is 21.3. The number of phenolic OH excluding ortho intramolecular Hbond substituents is 2. The summed E-state index contributed by atoms with van der Waals surface area (Å²) in [6, 6.07) is 8.24. The van der Waals surface area contributed by atoms with E-state index >= 15 is 0 Å². The van der Waals surface area contributed by atoms with Crippen LogP contribution in [0.1, 0.15) is 189 Å². The molecule has 0 fully saturated rings. The largest absolute Gasteiger partial charge is 0.508 e. The fourth-order valence-electron chi connectivity index (χ4n) is 9.31. The van der Waals surface area contributed by atoms with Crippen molar-refractivity contribution in [2.45, 2.75) is 180 Å². The van der Waals surface area contributed by atoms with E-state index < -0.39 is 0 Å². The van der Waals surface area contributed by atoms with Crippen LogP contribution in [0.25, 0.3) is 0 Å². The van der Waals surface area contributed by atoms with Crippen LogP contribution >= 0.6 is 0 Å². The summed E-state index contributed by atoms with van der Waals surface area (Å²) >= 11 is 0. The molecule has 4 N–H and O–H groups in total. The second kappa shape index (κ2) is 16.8. The number of aliphatic hydroxyl groups excluding tert-OH is 2. The molecule has 0 heterocycles. The molecule has 0 bridgehead atoms. The van der Waals surface area contributed by atoms with Crippen LogP contribution in [0.3, 0.4) is 0 Å². The maximum atomic E-state index is 10.5. The molecule has 0 saturated heterocycles. The zero-order chi connectivity index (χ0) is 43.0. The van der Waals surface area contributed by atoms with Gasteiger partial charge in [0.2, 0.25) is 0 Å². The van der Waals surface area contributed by atoms with Crippen molar-refractivity contribution in [1.29, 1.82) is 0 Å². The lowest BCUT2D eigenvalue weighted by molar-refractivity contribution is 0.102. The van der Waals surface area contributed by atoms with Gasteiger partial charge in [0, 0.05) is 5.92 Å². The molecule has 2 atom stereocenters. The first kappa shape index (κ1) is 47.0. The lowest BCUT2D eigenvalue weighted by Crippen LogP contribution is -2.41. The second-order valence-electron chi connectivity index (χ2n) is 21.8. The van der Waals surface area contributed by atoms with E-state index in [1.54, 1.807) is 0 Å². The highest BCUT2D eigenvalue weighted by Gasteiger charge is 2.46. The third kappa shape index (κ3) is 10.6. The summed E-state index contributed by atoms with van der Waals surface area (Å²) < 4.78 is 0. The minimum Gasteiger partial charge on any atom is -0.508 e. The van der Waals surface area contributed by atoms with Gasteiger partial charge in [-0.25, -0.2) is 0 Å². The number of aromatic hydroxyl groups is 2. The molecule has 2 aromatic rings. The van der Waals surface area contributed by atoms with Gasteiger partial charge in [-0.3, -0.25) is 0 Å². The van der Waals surface area contributed by atoms with E-state index in [0.29, 0.717) is 28.9 Å². The number of hydrogen-bond donors (Lipinski definition) is 4. The highest BCUT2D eigenvalue weighted by molar-refractivity contribution is 5.53. The van der Waals surface area contributed by atoms with Crippen molar-refractivity contribution in [3.63, 3.8) is 0 Å². The molecular formula is C52H80O4. The first-order chi connectivity index (χ1) is 25.4. The molecule has 2 unspecified atom stereocenters. The molecule has 0 spiro atoms. The summed E-state index contributed by atoms with van der Waals surface area (Å²) in [7, 11) is 0. The molecule has 0 saturated carbocycles. The maximum absolute atomic E-state index is 10.5. The second-order valence-corrected chi connectivity index (χ2v) is 21.8. The summed E-state index contributed by atoms with van der Waals surface area (Å²) in [5, 5.41) is 42.2. The Hall–Kier alpha value is -3.40. The average molecular weight is 769 g/mol. The monoisotopic (exact) mass is 769 g/mol. The fraction of sp³-hybridized carbons (Fsp3) is 0.615. The summed E-state index contributed by atoms with van der Waals surface area (Å²) in [6.45, 7) is 39.2. The van der Waals surface area contributed by atoms with Crippen LogP contribution in [-0.2, 0) is 10.8 Å². The number of rotatable bonds is 8. The molecule has 4 nitrogen and oxygen atoms in total. The smallest absolute Gasteiger partial charge is 0.119 e. The normalized spacial score (nSPS) is 21.4. The molecular weight excluding hydrogens is 689 g/mol.